The quantitative estimate of drug-likeness (QED) is 0.167. The highest BCUT2D eigenvalue weighted by atomic mass is 16.6. The minimum Gasteiger partial charge on any atom is -0.444 e. The maximum atomic E-state index is 14.2. The maximum absolute atomic E-state index is 14.2. The maximum Gasteiger partial charge on any atom is 0.411 e. The van der Waals surface area contributed by atoms with E-state index in [4.69, 9.17) is 15.2 Å². The number of nitrogens with zero attached hydrogens (tertiary/aromatic N) is 2. The second-order valence-electron chi connectivity index (χ2n) is 16.1. The van der Waals surface area contributed by atoms with Gasteiger partial charge >= 0.3 is 6.09 Å². The molecule has 4 rings (SSSR count). The number of unbranched alkanes of at least 4 members (excludes halogenated alkanes) is 1. The van der Waals surface area contributed by atoms with Crippen molar-refractivity contribution < 1.29 is 33.4 Å². The summed E-state index contributed by atoms with van der Waals surface area (Å²) in [5, 5.41) is 8.76. The molecule has 0 radical (unpaired) electrons. The largest absolute Gasteiger partial charge is 0.444 e. The molecule has 2 aliphatic rings. The van der Waals surface area contributed by atoms with Crippen molar-refractivity contribution >= 4 is 29.7 Å². The molecule has 302 valence electrons. The standard InChI is InChI=1S/C42H62N6O7/c1-29(2)25-36(39(51)45-35(17-11-12-20-43)40(52)47-21-23-54-24-22-47)46-38(50)34(19-18-30-13-7-6-8-14-30)44-37(49)28-48(41(53)55-42(3,4)5)33-26-31-15-9-10-16-32(31)27-33/h6-10,13-16,29,33-36H,11-12,17-28,43H2,1-5H3,(H,44,49)(H,45,51)(H,46,50)/t34-,35-,36-/m1/s1. The number of nitrogens with one attached hydrogen (secondary N) is 3. The lowest BCUT2D eigenvalue weighted by Crippen LogP contribution is -2.58. The van der Waals surface area contributed by atoms with E-state index in [9.17, 15) is 24.0 Å². The Kier molecular flexibility index (Phi) is 16.5. The second-order valence-corrected chi connectivity index (χ2v) is 16.1. The summed E-state index contributed by atoms with van der Waals surface area (Å²) in [7, 11) is 0. The van der Waals surface area contributed by atoms with Crippen LogP contribution in [0.5, 0.6) is 0 Å². The van der Waals surface area contributed by atoms with Crippen molar-refractivity contribution in [3.63, 3.8) is 0 Å². The molecule has 1 aliphatic carbocycles. The van der Waals surface area contributed by atoms with Crippen LogP contribution in [0.4, 0.5) is 4.79 Å². The van der Waals surface area contributed by atoms with E-state index in [1.165, 1.54) is 4.90 Å². The molecular weight excluding hydrogens is 700 g/mol. The van der Waals surface area contributed by atoms with Crippen molar-refractivity contribution in [1.82, 2.24) is 25.8 Å². The number of hydrogen-bond donors (Lipinski definition) is 4. The molecule has 3 atom stereocenters. The summed E-state index contributed by atoms with van der Waals surface area (Å²) in [5.74, 6) is -1.67. The lowest BCUT2D eigenvalue weighted by atomic mass is 10.00. The number of rotatable bonds is 18. The van der Waals surface area contributed by atoms with Crippen LogP contribution in [0.15, 0.2) is 54.6 Å². The molecule has 5 N–H and O–H groups in total. The highest BCUT2D eigenvalue weighted by Gasteiger charge is 2.36. The number of amides is 5. The minimum absolute atomic E-state index is 0.0250. The van der Waals surface area contributed by atoms with Crippen LogP contribution in [0.1, 0.15) is 83.4 Å². The summed E-state index contributed by atoms with van der Waals surface area (Å²) in [6, 6.07) is 14.5. The van der Waals surface area contributed by atoms with E-state index < -0.39 is 47.5 Å². The van der Waals surface area contributed by atoms with E-state index in [-0.39, 0.29) is 30.8 Å². The number of morpholine rings is 1. The first kappa shape index (κ1) is 43.2. The topological polar surface area (TPSA) is 172 Å². The normalized spacial score (nSPS) is 16.1. The first-order valence-electron chi connectivity index (χ1n) is 19.8. The number of aryl methyl sites for hydroxylation is 1. The summed E-state index contributed by atoms with van der Waals surface area (Å²) >= 11 is 0. The number of carbonyl (C=O) groups excluding carboxylic acids is 5. The van der Waals surface area contributed by atoms with Crippen molar-refractivity contribution in [2.24, 2.45) is 11.7 Å². The average Bonchev–Trinajstić information content (AvgIpc) is 3.58. The van der Waals surface area contributed by atoms with Gasteiger partial charge in [-0.15, -0.1) is 0 Å². The van der Waals surface area contributed by atoms with Crippen LogP contribution in [-0.2, 0) is 47.9 Å². The highest BCUT2D eigenvalue weighted by molar-refractivity contribution is 5.94. The van der Waals surface area contributed by atoms with Crippen molar-refractivity contribution in [2.45, 2.75) is 116 Å². The molecule has 13 nitrogen and oxygen atoms in total. The molecule has 0 saturated carbocycles. The molecular formula is C42H62N6O7. The number of carbonyl (C=O) groups is 5. The average molecular weight is 763 g/mol. The van der Waals surface area contributed by atoms with Crippen LogP contribution in [0, 0.1) is 5.92 Å². The monoisotopic (exact) mass is 762 g/mol. The van der Waals surface area contributed by atoms with Crippen molar-refractivity contribution in [3.8, 4) is 0 Å². The summed E-state index contributed by atoms with van der Waals surface area (Å²) in [5.41, 5.74) is 8.16. The van der Waals surface area contributed by atoms with Crippen LogP contribution in [0.3, 0.4) is 0 Å². The predicted octanol–water partition coefficient (Wildman–Crippen LogP) is 3.51. The second kappa shape index (κ2) is 21.0. The summed E-state index contributed by atoms with van der Waals surface area (Å²) in [4.78, 5) is 72.3. The van der Waals surface area contributed by atoms with Gasteiger partial charge in [0.1, 0.15) is 30.3 Å². The van der Waals surface area contributed by atoms with E-state index in [2.05, 4.69) is 16.0 Å². The molecule has 0 spiro atoms. The molecule has 55 heavy (non-hydrogen) atoms. The fraction of sp³-hybridized carbons (Fsp3) is 0.595. The summed E-state index contributed by atoms with van der Waals surface area (Å²) in [6.07, 6.45) is 3.36. The van der Waals surface area contributed by atoms with Gasteiger partial charge in [0, 0.05) is 19.1 Å². The van der Waals surface area contributed by atoms with E-state index in [1.54, 1.807) is 25.7 Å². The Bertz CT molecular complexity index is 1550. The van der Waals surface area contributed by atoms with Gasteiger partial charge in [-0.2, -0.15) is 0 Å². The Balaban J connectivity index is 1.52. The molecule has 5 amide bonds. The SMILES string of the molecule is CC(C)C[C@@H](NC(=O)[C@@H](CCc1ccccc1)NC(=O)CN(C(=O)OC(C)(C)C)C1Cc2ccccc2C1)C(=O)N[C@H](CCCCN)C(=O)N1CCOCC1. The van der Waals surface area contributed by atoms with Crippen LogP contribution in [0.25, 0.3) is 0 Å². The first-order valence-corrected chi connectivity index (χ1v) is 19.8. The lowest BCUT2D eigenvalue weighted by Gasteiger charge is -2.32. The fourth-order valence-corrected chi connectivity index (χ4v) is 7.04. The molecule has 2 aromatic carbocycles. The van der Waals surface area contributed by atoms with Gasteiger partial charge in [0.25, 0.3) is 0 Å². The lowest BCUT2D eigenvalue weighted by molar-refractivity contribution is -0.141. The Labute approximate surface area is 326 Å². The van der Waals surface area contributed by atoms with Crippen LogP contribution < -0.4 is 21.7 Å². The summed E-state index contributed by atoms with van der Waals surface area (Å²) < 4.78 is 11.2. The van der Waals surface area contributed by atoms with Crippen molar-refractivity contribution in [1.29, 1.82) is 0 Å². The number of nitrogens with two attached hydrogens (primary N) is 1. The van der Waals surface area contributed by atoms with Gasteiger partial charge in [-0.1, -0.05) is 68.4 Å². The summed E-state index contributed by atoms with van der Waals surface area (Å²) in [6.45, 7) is 11.1. The molecule has 1 heterocycles. The third-order valence-electron chi connectivity index (χ3n) is 9.85. The van der Waals surface area contributed by atoms with E-state index in [0.717, 1.165) is 16.7 Å². The Hall–Kier alpha value is -4.49. The molecule has 13 heteroatoms. The van der Waals surface area contributed by atoms with E-state index >= 15 is 0 Å². The fourth-order valence-electron chi connectivity index (χ4n) is 7.04. The molecule has 0 aromatic heterocycles. The Morgan fingerprint density at radius 1 is 0.836 bits per heavy atom. The number of fused-ring (bicyclic) bond motifs is 1. The van der Waals surface area contributed by atoms with Gasteiger partial charge in [-0.05, 0) is 101 Å². The zero-order chi connectivity index (χ0) is 40.0. The number of benzene rings is 2. The van der Waals surface area contributed by atoms with Crippen molar-refractivity contribution in [2.75, 3.05) is 39.4 Å². The van der Waals surface area contributed by atoms with Gasteiger partial charge in [-0.25, -0.2) is 4.79 Å². The highest BCUT2D eigenvalue weighted by Crippen LogP contribution is 2.27. The van der Waals surface area contributed by atoms with Crippen molar-refractivity contribution in [3.05, 3.63) is 71.3 Å². The van der Waals surface area contributed by atoms with Crippen LogP contribution in [0.2, 0.25) is 0 Å². The Morgan fingerprint density at radius 3 is 2.04 bits per heavy atom. The zero-order valence-electron chi connectivity index (χ0n) is 33.3. The predicted molar refractivity (Wildman–Crippen MR) is 211 cm³/mol. The third-order valence-corrected chi connectivity index (χ3v) is 9.85. The molecule has 2 aromatic rings. The first-order chi connectivity index (χ1) is 26.2. The number of ether oxygens (including phenoxy) is 2. The Morgan fingerprint density at radius 2 is 1.44 bits per heavy atom. The minimum atomic E-state index is -1.02. The molecule has 0 bridgehead atoms. The number of hydrogen-bond acceptors (Lipinski definition) is 8. The third kappa shape index (κ3) is 13.9. The van der Waals surface area contributed by atoms with E-state index in [1.807, 2.05) is 68.4 Å². The van der Waals surface area contributed by atoms with Crippen LogP contribution in [-0.4, -0.2) is 109 Å². The smallest absolute Gasteiger partial charge is 0.411 e. The molecule has 1 aliphatic heterocycles. The van der Waals surface area contributed by atoms with Gasteiger partial charge in [-0.3, -0.25) is 24.1 Å². The zero-order valence-corrected chi connectivity index (χ0v) is 33.3. The molecule has 1 saturated heterocycles. The van der Waals surface area contributed by atoms with Gasteiger partial charge in [0.15, 0.2) is 0 Å². The van der Waals surface area contributed by atoms with Gasteiger partial charge in [0.2, 0.25) is 23.6 Å². The van der Waals surface area contributed by atoms with Crippen LogP contribution >= 0.6 is 0 Å². The van der Waals surface area contributed by atoms with Gasteiger partial charge in [0.05, 0.1) is 13.2 Å². The molecule has 0 unspecified atom stereocenters. The molecule has 1 fully saturated rings. The van der Waals surface area contributed by atoms with E-state index in [0.29, 0.717) is 77.8 Å². The van der Waals surface area contributed by atoms with Gasteiger partial charge < -0.3 is 36.1 Å².